The first-order valence-corrected chi connectivity index (χ1v) is 12.0. The second-order valence-corrected chi connectivity index (χ2v) is 9.25. The number of nitrogens with zero attached hydrogens (tertiary/aromatic N) is 4. The van der Waals surface area contributed by atoms with Crippen LogP contribution in [-0.4, -0.2) is 37.7 Å². The summed E-state index contributed by atoms with van der Waals surface area (Å²) in [7, 11) is 0. The Morgan fingerprint density at radius 3 is 2.24 bits per heavy atom. The lowest BCUT2D eigenvalue weighted by molar-refractivity contribution is 0.0926. The van der Waals surface area contributed by atoms with Crippen molar-refractivity contribution in [2.24, 2.45) is 0 Å². The Kier molecular flexibility index (Phi) is 6.25. The third-order valence-corrected chi connectivity index (χ3v) is 6.40. The molecule has 7 nitrogen and oxygen atoms in total. The molecule has 4 aromatic rings. The highest BCUT2D eigenvalue weighted by Crippen LogP contribution is 2.28. The van der Waals surface area contributed by atoms with Crippen molar-refractivity contribution in [3.63, 3.8) is 0 Å². The molecule has 2 aromatic heterocycles. The van der Waals surface area contributed by atoms with Crippen molar-refractivity contribution in [3.05, 3.63) is 78.2 Å². The number of anilines is 1. The van der Waals surface area contributed by atoms with Gasteiger partial charge in [0, 0.05) is 23.6 Å². The van der Waals surface area contributed by atoms with E-state index in [0.29, 0.717) is 11.6 Å². The van der Waals surface area contributed by atoms with Crippen LogP contribution in [0.2, 0.25) is 0 Å². The molecule has 174 valence electrons. The minimum absolute atomic E-state index is 0.00409. The first-order valence-electron chi connectivity index (χ1n) is 12.0. The van der Waals surface area contributed by atoms with Gasteiger partial charge in [0.2, 0.25) is 0 Å². The number of nitrogens with one attached hydrogen (secondary N) is 2. The van der Waals surface area contributed by atoms with Gasteiger partial charge in [-0.15, -0.1) is 0 Å². The smallest absolute Gasteiger partial charge is 0.251 e. The van der Waals surface area contributed by atoms with Gasteiger partial charge in [-0.1, -0.05) is 50.2 Å². The molecule has 1 fully saturated rings. The van der Waals surface area contributed by atoms with Crippen molar-refractivity contribution in [2.45, 2.75) is 57.5 Å². The fourth-order valence-corrected chi connectivity index (χ4v) is 4.48. The maximum absolute atomic E-state index is 12.5. The predicted octanol–water partition coefficient (Wildman–Crippen LogP) is 5.09. The van der Waals surface area contributed by atoms with Gasteiger partial charge in [0.05, 0.1) is 17.3 Å². The van der Waals surface area contributed by atoms with Crippen molar-refractivity contribution in [1.29, 1.82) is 0 Å². The van der Waals surface area contributed by atoms with Crippen molar-refractivity contribution >= 4 is 22.8 Å². The van der Waals surface area contributed by atoms with Crippen LogP contribution in [0.4, 0.5) is 5.82 Å². The van der Waals surface area contributed by atoms with Crippen LogP contribution in [0.1, 0.15) is 61.6 Å². The second kappa shape index (κ2) is 9.63. The zero-order valence-electron chi connectivity index (χ0n) is 19.6. The molecule has 0 spiro atoms. The van der Waals surface area contributed by atoms with E-state index in [4.69, 9.17) is 9.97 Å². The third kappa shape index (κ3) is 4.64. The van der Waals surface area contributed by atoms with Crippen LogP contribution in [0.15, 0.2) is 66.9 Å². The number of carbonyl (C=O) groups is 1. The number of amides is 1. The van der Waals surface area contributed by atoms with E-state index in [1.165, 1.54) is 0 Å². The van der Waals surface area contributed by atoms with E-state index in [-0.39, 0.29) is 17.9 Å². The quantitative estimate of drug-likeness (QED) is 0.424. The average Bonchev–Trinajstić information content (AvgIpc) is 3.31. The van der Waals surface area contributed by atoms with E-state index in [0.717, 1.165) is 54.0 Å². The summed E-state index contributed by atoms with van der Waals surface area (Å²) in [5.41, 5.74) is 2.51. The molecular formula is C27H30N6O. The molecule has 0 aliphatic heterocycles. The zero-order valence-corrected chi connectivity index (χ0v) is 19.6. The van der Waals surface area contributed by atoms with Gasteiger partial charge in [-0.25, -0.2) is 14.6 Å². The maximum atomic E-state index is 12.5. The number of hydrogen-bond donors (Lipinski definition) is 2. The van der Waals surface area contributed by atoms with Gasteiger partial charge in [-0.05, 0) is 49.9 Å². The lowest BCUT2D eigenvalue weighted by Gasteiger charge is -2.30. The minimum Gasteiger partial charge on any atom is -0.367 e. The molecule has 1 aliphatic rings. The molecule has 34 heavy (non-hydrogen) atoms. The van der Waals surface area contributed by atoms with E-state index in [1.54, 1.807) is 0 Å². The molecule has 0 radical (unpaired) electrons. The molecule has 1 amide bonds. The van der Waals surface area contributed by atoms with Crippen molar-refractivity contribution in [2.75, 3.05) is 5.32 Å². The van der Waals surface area contributed by atoms with Crippen molar-refractivity contribution in [1.82, 2.24) is 25.1 Å². The molecule has 2 aromatic carbocycles. The van der Waals surface area contributed by atoms with Crippen LogP contribution >= 0.6 is 0 Å². The number of carbonyl (C=O) groups excluding carboxylic acids is 1. The summed E-state index contributed by atoms with van der Waals surface area (Å²) in [6, 6.07) is 20.0. The van der Waals surface area contributed by atoms with Crippen LogP contribution in [0.25, 0.3) is 16.7 Å². The molecular weight excluding hydrogens is 424 g/mol. The van der Waals surface area contributed by atoms with E-state index in [9.17, 15) is 4.79 Å². The average molecular weight is 455 g/mol. The first-order chi connectivity index (χ1) is 16.6. The number of aromatic nitrogens is 4. The molecule has 1 aliphatic carbocycles. The molecule has 5 rings (SSSR count). The Labute approximate surface area is 199 Å². The molecule has 2 N–H and O–H groups in total. The Bertz CT molecular complexity index is 1260. The molecule has 0 atom stereocenters. The van der Waals surface area contributed by atoms with Crippen LogP contribution in [0.5, 0.6) is 0 Å². The van der Waals surface area contributed by atoms with Crippen LogP contribution in [0.3, 0.4) is 0 Å². The Balaban J connectivity index is 1.31. The number of rotatable bonds is 6. The van der Waals surface area contributed by atoms with Gasteiger partial charge in [0.25, 0.3) is 5.91 Å². The first kappa shape index (κ1) is 22.1. The summed E-state index contributed by atoms with van der Waals surface area (Å²) in [6.07, 6.45) is 5.65. The standard InChI is InChI=1S/C27H30N6O/c1-18(2)24-31-25(23-17-28-33(26(23)32-24)22-11-7-4-8-12-22)29-20-13-15-21(16-14-20)30-27(34)19-9-5-3-6-10-19/h3-12,17-18,20-21H,13-16H2,1-2H3,(H,30,34)(H,29,31,32). The summed E-state index contributed by atoms with van der Waals surface area (Å²) in [4.78, 5) is 22.2. The van der Waals surface area contributed by atoms with Crippen LogP contribution in [0, 0.1) is 0 Å². The lowest BCUT2D eigenvalue weighted by Crippen LogP contribution is -2.40. The Morgan fingerprint density at radius 1 is 0.912 bits per heavy atom. The maximum Gasteiger partial charge on any atom is 0.251 e. The van der Waals surface area contributed by atoms with Gasteiger partial charge in [0.1, 0.15) is 11.6 Å². The van der Waals surface area contributed by atoms with E-state index < -0.39 is 0 Å². The largest absolute Gasteiger partial charge is 0.367 e. The minimum atomic E-state index is 0.00409. The predicted molar refractivity (Wildman–Crippen MR) is 134 cm³/mol. The molecule has 0 bridgehead atoms. The molecule has 2 heterocycles. The number of hydrogen-bond acceptors (Lipinski definition) is 5. The highest BCUT2D eigenvalue weighted by atomic mass is 16.1. The van der Waals surface area contributed by atoms with Gasteiger partial charge >= 0.3 is 0 Å². The Hall–Kier alpha value is -3.74. The summed E-state index contributed by atoms with van der Waals surface area (Å²) in [5, 5.41) is 12.4. The normalized spacial score (nSPS) is 18.2. The third-order valence-electron chi connectivity index (χ3n) is 6.40. The molecule has 0 unspecified atom stereocenters. The van der Waals surface area contributed by atoms with Gasteiger partial charge in [-0.3, -0.25) is 4.79 Å². The summed E-state index contributed by atoms with van der Waals surface area (Å²) >= 11 is 0. The molecule has 7 heteroatoms. The van der Waals surface area contributed by atoms with Gasteiger partial charge in [0.15, 0.2) is 5.65 Å². The van der Waals surface area contributed by atoms with Crippen LogP contribution in [-0.2, 0) is 0 Å². The summed E-state index contributed by atoms with van der Waals surface area (Å²) in [5.74, 6) is 1.85. The van der Waals surface area contributed by atoms with E-state index in [2.05, 4.69) is 29.6 Å². The topological polar surface area (TPSA) is 84.7 Å². The second-order valence-electron chi connectivity index (χ2n) is 9.25. The zero-order chi connectivity index (χ0) is 23.5. The Morgan fingerprint density at radius 2 is 1.56 bits per heavy atom. The van der Waals surface area contributed by atoms with E-state index in [1.807, 2.05) is 71.5 Å². The fourth-order valence-electron chi connectivity index (χ4n) is 4.48. The van der Waals surface area contributed by atoms with E-state index >= 15 is 0 Å². The van der Waals surface area contributed by atoms with Crippen LogP contribution < -0.4 is 10.6 Å². The van der Waals surface area contributed by atoms with Crippen molar-refractivity contribution in [3.8, 4) is 5.69 Å². The SMILES string of the molecule is CC(C)c1nc(NC2CCC(NC(=O)c3ccccc3)CC2)c2cnn(-c3ccccc3)c2n1. The highest BCUT2D eigenvalue weighted by molar-refractivity contribution is 5.94. The molecule has 0 saturated heterocycles. The van der Waals surface area contributed by atoms with Gasteiger partial charge < -0.3 is 10.6 Å². The summed E-state index contributed by atoms with van der Waals surface area (Å²) < 4.78 is 1.88. The summed E-state index contributed by atoms with van der Waals surface area (Å²) in [6.45, 7) is 4.21. The lowest BCUT2D eigenvalue weighted by atomic mass is 9.91. The highest BCUT2D eigenvalue weighted by Gasteiger charge is 2.24. The number of fused-ring (bicyclic) bond motifs is 1. The molecule has 1 saturated carbocycles. The number of benzene rings is 2. The van der Waals surface area contributed by atoms with Gasteiger partial charge in [-0.2, -0.15) is 5.10 Å². The number of para-hydroxylation sites is 1. The monoisotopic (exact) mass is 454 g/mol. The van der Waals surface area contributed by atoms with Crippen molar-refractivity contribution < 1.29 is 4.79 Å². The fraction of sp³-hybridized carbons (Fsp3) is 0.333.